The van der Waals surface area contributed by atoms with Gasteiger partial charge < -0.3 is 14.4 Å². The fraction of sp³-hybridized carbons (Fsp3) is 0.500. The molecule has 1 saturated heterocycles. The van der Waals surface area contributed by atoms with Crippen LogP contribution in [0.3, 0.4) is 0 Å². The van der Waals surface area contributed by atoms with E-state index < -0.39 is 0 Å². The van der Waals surface area contributed by atoms with Gasteiger partial charge in [-0.3, -0.25) is 9.80 Å². The van der Waals surface area contributed by atoms with Crippen LogP contribution in [-0.2, 0) is 13.2 Å². The Morgan fingerprint density at radius 2 is 1.83 bits per heavy atom. The first-order chi connectivity index (χ1) is 11.7. The van der Waals surface area contributed by atoms with Crippen molar-refractivity contribution in [1.82, 2.24) is 19.9 Å². The van der Waals surface area contributed by atoms with E-state index in [4.69, 9.17) is 14.4 Å². The summed E-state index contributed by atoms with van der Waals surface area (Å²) in [5.41, 5.74) is 0. The minimum absolute atomic E-state index is 0.180. The highest BCUT2D eigenvalue weighted by Crippen LogP contribution is 2.13. The number of aliphatic hydroxyl groups is 1. The highest BCUT2D eigenvalue weighted by atomic mass is 19.1. The van der Waals surface area contributed by atoms with Crippen LogP contribution in [0.25, 0.3) is 0 Å². The minimum atomic E-state index is -0.303. The van der Waals surface area contributed by atoms with Crippen molar-refractivity contribution < 1.29 is 18.8 Å². The van der Waals surface area contributed by atoms with Gasteiger partial charge in [-0.25, -0.2) is 4.39 Å². The van der Waals surface area contributed by atoms with Gasteiger partial charge in [0.1, 0.15) is 11.6 Å². The predicted octanol–water partition coefficient (Wildman–Crippen LogP) is 0.898. The van der Waals surface area contributed by atoms with Crippen molar-refractivity contribution in [1.29, 1.82) is 0 Å². The number of halogens is 1. The average Bonchev–Trinajstić information content (AvgIpc) is 3.04. The third-order valence-electron chi connectivity index (χ3n) is 3.93. The quantitative estimate of drug-likeness (QED) is 0.805. The zero-order chi connectivity index (χ0) is 16.8. The van der Waals surface area contributed by atoms with Crippen LogP contribution < -0.4 is 4.74 Å². The van der Waals surface area contributed by atoms with Crippen molar-refractivity contribution in [3.05, 3.63) is 41.8 Å². The van der Waals surface area contributed by atoms with Crippen molar-refractivity contribution in [2.24, 2.45) is 0 Å². The third-order valence-corrected chi connectivity index (χ3v) is 3.93. The van der Waals surface area contributed by atoms with Gasteiger partial charge >= 0.3 is 0 Å². The molecule has 0 spiro atoms. The van der Waals surface area contributed by atoms with Crippen LogP contribution in [0, 0.1) is 5.82 Å². The molecule has 1 N–H and O–H groups in total. The van der Waals surface area contributed by atoms with Gasteiger partial charge in [0.05, 0.1) is 13.2 Å². The number of benzene rings is 1. The lowest BCUT2D eigenvalue weighted by Gasteiger charge is -2.33. The fourth-order valence-electron chi connectivity index (χ4n) is 2.60. The first-order valence-corrected chi connectivity index (χ1v) is 7.98. The molecule has 0 bridgehead atoms. The molecule has 0 amide bonds. The zero-order valence-electron chi connectivity index (χ0n) is 13.4. The number of hydrogen-bond acceptors (Lipinski definition) is 7. The molecule has 2 heterocycles. The van der Waals surface area contributed by atoms with Gasteiger partial charge in [-0.1, -0.05) is 5.16 Å². The van der Waals surface area contributed by atoms with Gasteiger partial charge in [0.2, 0.25) is 11.7 Å². The van der Waals surface area contributed by atoms with Gasteiger partial charge in [-0.2, -0.15) is 4.98 Å². The lowest BCUT2D eigenvalue weighted by atomic mass is 10.3. The van der Waals surface area contributed by atoms with Crippen molar-refractivity contribution >= 4 is 0 Å². The van der Waals surface area contributed by atoms with E-state index in [1.54, 1.807) is 12.1 Å². The summed E-state index contributed by atoms with van der Waals surface area (Å²) >= 11 is 0. The molecular formula is C16H21FN4O3. The Kier molecular flexibility index (Phi) is 5.73. The van der Waals surface area contributed by atoms with Crippen molar-refractivity contribution in [3.8, 4) is 5.75 Å². The maximum absolute atomic E-state index is 12.8. The summed E-state index contributed by atoms with van der Waals surface area (Å²) in [6.45, 7) is 5.37. The zero-order valence-corrected chi connectivity index (χ0v) is 13.4. The lowest BCUT2D eigenvalue weighted by molar-refractivity contribution is 0.101. The molecule has 0 atom stereocenters. The smallest absolute Gasteiger partial charge is 0.240 e. The predicted molar refractivity (Wildman–Crippen MR) is 83.8 cm³/mol. The van der Waals surface area contributed by atoms with E-state index in [1.807, 2.05) is 0 Å². The fourth-order valence-corrected chi connectivity index (χ4v) is 2.60. The largest absolute Gasteiger partial charge is 0.485 e. The second kappa shape index (κ2) is 8.18. The molecule has 0 aliphatic carbocycles. The molecule has 8 heteroatoms. The second-order valence-electron chi connectivity index (χ2n) is 5.69. The molecule has 7 nitrogen and oxygen atoms in total. The Hall–Kier alpha value is -2.03. The van der Waals surface area contributed by atoms with E-state index in [0.717, 1.165) is 32.7 Å². The van der Waals surface area contributed by atoms with Crippen LogP contribution in [0.4, 0.5) is 4.39 Å². The summed E-state index contributed by atoms with van der Waals surface area (Å²) in [6.07, 6.45) is 0. The Labute approximate surface area is 139 Å². The number of piperazine rings is 1. The molecule has 0 unspecified atom stereocenters. The average molecular weight is 336 g/mol. The summed E-state index contributed by atoms with van der Waals surface area (Å²) in [6, 6.07) is 5.80. The summed E-state index contributed by atoms with van der Waals surface area (Å²) in [5.74, 6) is 1.28. The highest BCUT2D eigenvalue weighted by molar-refractivity contribution is 5.22. The molecule has 130 valence electrons. The van der Waals surface area contributed by atoms with E-state index in [-0.39, 0.29) is 19.0 Å². The van der Waals surface area contributed by atoms with Gasteiger partial charge in [0.25, 0.3) is 0 Å². The SMILES string of the molecule is OCCN1CCN(Cc2nc(COc3ccc(F)cc3)no2)CC1. The first-order valence-electron chi connectivity index (χ1n) is 7.98. The molecule has 1 aliphatic heterocycles. The third kappa shape index (κ3) is 4.73. The normalized spacial score (nSPS) is 16.4. The first kappa shape index (κ1) is 16.8. The molecule has 1 aromatic carbocycles. The van der Waals surface area contributed by atoms with Gasteiger partial charge in [0.15, 0.2) is 6.61 Å². The minimum Gasteiger partial charge on any atom is -0.485 e. The summed E-state index contributed by atoms with van der Waals surface area (Å²) in [7, 11) is 0. The summed E-state index contributed by atoms with van der Waals surface area (Å²) in [5, 5.41) is 12.9. The maximum Gasteiger partial charge on any atom is 0.240 e. The number of rotatable bonds is 7. The Morgan fingerprint density at radius 1 is 1.12 bits per heavy atom. The number of ether oxygens (including phenoxy) is 1. The maximum atomic E-state index is 12.8. The molecule has 1 fully saturated rings. The summed E-state index contributed by atoms with van der Waals surface area (Å²) in [4.78, 5) is 8.79. The van der Waals surface area contributed by atoms with Gasteiger partial charge in [-0.05, 0) is 24.3 Å². The van der Waals surface area contributed by atoms with Crippen LogP contribution in [-0.4, -0.2) is 64.4 Å². The van der Waals surface area contributed by atoms with Crippen molar-refractivity contribution in [2.45, 2.75) is 13.2 Å². The number of nitrogens with zero attached hydrogens (tertiary/aromatic N) is 4. The van der Waals surface area contributed by atoms with Crippen LogP contribution in [0.15, 0.2) is 28.8 Å². The van der Waals surface area contributed by atoms with Crippen molar-refractivity contribution in [3.63, 3.8) is 0 Å². The Balaban J connectivity index is 1.45. The monoisotopic (exact) mass is 336 g/mol. The van der Waals surface area contributed by atoms with E-state index in [2.05, 4.69) is 19.9 Å². The number of aromatic nitrogens is 2. The summed E-state index contributed by atoms with van der Waals surface area (Å²) < 4.78 is 23.6. The molecule has 24 heavy (non-hydrogen) atoms. The molecule has 1 aliphatic rings. The Morgan fingerprint density at radius 3 is 2.54 bits per heavy atom. The van der Waals surface area contributed by atoms with Crippen LogP contribution >= 0.6 is 0 Å². The molecule has 0 saturated carbocycles. The molecular weight excluding hydrogens is 315 g/mol. The van der Waals surface area contributed by atoms with Gasteiger partial charge in [0, 0.05) is 32.7 Å². The van der Waals surface area contributed by atoms with E-state index in [1.165, 1.54) is 12.1 Å². The number of aliphatic hydroxyl groups excluding tert-OH is 1. The second-order valence-corrected chi connectivity index (χ2v) is 5.69. The highest BCUT2D eigenvalue weighted by Gasteiger charge is 2.18. The topological polar surface area (TPSA) is 74.9 Å². The number of β-amino-alcohol motifs (C(OH)–C–C–N with tert-alkyl or cyclic N) is 1. The molecule has 1 aromatic heterocycles. The van der Waals surface area contributed by atoms with Crippen molar-refractivity contribution in [2.75, 3.05) is 39.3 Å². The molecule has 3 rings (SSSR count). The van der Waals surface area contributed by atoms with Gasteiger partial charge in [-0.15, -0.1) is 0 Å². The lowest BCUT2D eigenvalue weighted by Crippen LogP contribution is -2.46. The van der Waals surface area contributed by atoms with E-state index >= 15 is 0 Å². The molecule has 2 aromatic rings. The van der Waals surface area contributed by atoms with E-state index in [9.17, 15) is 4.39 Å². The van der Waals surface area contributed by atoms with Crippen LogP contribution in [0.1, 0.15) is 11.7 Å². The van der Waals surface area contributed by atoms with E-state index in [0.29, 0.717) is 24.0 Å². The molecule has 0 radical (unpaired) electrons. The van der Waals surface area contributed by atoms with Crippen LogP contribution in [0.2, 0.25) is 0 Å². The Bertz CT molecular complexity index is 627. The number of hydrogen-bond donors (Lipinski definition) is 1. The van der Waals surface area contributed by atoms with Crippen LogP contribution in [0.5, 0.6) is 5.75 Å². The standard InChI is InChI=1S/C16H21FN4O3/c17-13-1-3-14(4-2-13)23-12-15-18-16(24-19-15)11-21-7-5-20(6-8-21)9-10-22/h1-4,22H,5-12H2.